The van der Waals surface area contributed by atoms with Crippen LogP contribution in [0.1, 0.15) is 67.2 Å². The van der Waals surface area contributed by atoms with Crippen molar-refractivity contribution in [3.05, 3.63) is 0 Å². The van der Waals surface area contributed by atoms with E-state index in [1.54, 1.807) is 0 Å². The smallest absolute Gasteiger partial charge is 0.0253 e. The maximum atomic E-state index is 2.60. The van der Waals surface area contributed by atoms with Crippen molar-refractivity contribution in [2.24, 2.45) is 0 Å². The Balaban J connectivity index is 2.87. The van der Waals surface area contributed by atoms with Gasteiger partial charge >= 0.3 is 0 Å². The lowest BCUT2D eigenvalue weighted by Gasteiger charge is -2.50. The highest BCUT2D eigenvalue weighted by atomic mass is 15.3. The molecule has 0 aliphatic heterocycles. The van der Waals surface area contributed by atoms with Crippen LogP contribution in [0.2, 0.25) is 0 Å². The maximum Gasteiger partial charge on any atom is 0.0253 e. The molecule has 1 fully saturated rings. The van der Waals surface area contributed by atoms with E-state index in [4.69, 9.17) is 0 Å². The normalized spacial score (nSPS) is 27.0. The van der Waals surface area contributed by atoms with Crippen molar-refractivity contribution in [2.75, 3.05) is 14.1 Å². The fraction of sp³-hybridized carbons (Fsp3) is 1.00. The Kier molecular flexibility index (Phi) is 4.88. The molecule has 1 rings (SSSR count). The third-order valence-corrected chi connectivity index (χ3v) is 4.81. The summed E-state index contributed by atoms with van der Waals surface area (Å²) in [6.07, 6.45) is 5.47. The molecule has 2 atom stereocenters. The fourth-order valence-electron chi connectivity index (χ4n) is 2.99. The summed E-state index contributed by atoms with van der Waals surface area (Å²) in [6.45, 7) is 14.0. The van der Waals surface area contributed by atoms with Crippen molar-refractivity contribution in [2.45, 2.75) is 90.4 Å². The minimum atomic E-state index is 0.263. The van der Waals surface area contributed by atoms with E-state index in [1.807, 2.05) is 0 Å². The van der Waals surface area contributed by atoms with Crippen molar-refractivity contribution in [3.63, 3.8) is 0 Å². The third-order valence-electron chi connectivity index (χ3n) is 4.81. The van der Waals surface area contributed by atoms with Crippen LogP contribution in [-0.4, -0.2) is 47.1 Å². The van der Waals surface area contributed by atoms with Gasteiger partial charge < -0.3 is 0 Å². The van der Waals surface area contributed by atoms with E-state index in [9.17, 15) is 0 Å². The van der Waals surface area contributed by atoms with Crippen LogP contribution in [-0.2, 0) is 0 Å². The van der Waals surface area contributed by atoms with Crippen molar-refractivity contribution in [1.82, 2.24) is 9.80 Å². The highest BCUT2D eigenvalue weighted by Gasteiger charge is 2.38. The van der Waals surface area contributed by atoms with Gasteiger partial charge in [-0.05, 0) is 68.5 Å². The van der Waals surface area contributed by atoms with Gasteiger partial charge in [0.25, 0.3) is 0 Å². The average Bonchev–Trinajstić information content (AvgIpc) is 2.24. The number of hydrogen-bond donors (Lipinski definition) is 0. The van der Waals surface area contributed by atoms with Gasteiger partial charge in [-0.15, -0.1) is 0 Å². The van der Waals surface area contributed by atoms with Crippen molar-refractivity contribution in [1.29, 1.82) is 0 Å². The summed E-state index contributed by atoms with van der Waals surface area (Å²) < 4.78 is 0. The summed E-state index contributed by atoms with van der Waals surface area (Å²) in [6, 6.07) is 1.39. The van der Waals surface area contributed by atoms with Gasteiger partial charge in [0, 0.05) is 23.2 Å². The van der Waals surface area contributed by atoms with Crippen molar-refractivity contribution in [3.8, 4) is 0 Å². The molecule has 0 bridgehead atoms. The quantitative estimate of drug-likeness (QED) is 0.740. The number of likely N-dealkylation sites (N-methyl/N-ethyl adjacent to an activating group) is 2. The second-order valence-electron chi connectivity index (χ2n) is 7.98. The van der Waals surface area contributed by atoms with Gasteiger partial charge in [0.1, 0.15) is 0 Å². The molecule has 0 aromatic carbocycles. The number of rotatable bonds is 2. The Hall–Kier alpha value is -0.0800. The standard InChI is InChI=1S/C16H34N2/c1-15(2,3)17(7)13-11-9-10-12-14(13)18(8)16(4,5)6/h13-14H,9-12H2,1-8H3/t13-,14-/m1/s1. The van der Waals surface area contributed by atoms with Crippen LogP contribution in [0.25, 0.3) is 0 Å². The molecule has 108 valence electrons. The summed E-state index contributed by atoms with van der Waals surface area (Å²) in [5, 5.41) is 0. The molecule has 0 aromatic heterocycles. The SMILES string of the molecule is CN([C@@H]1CCCC[C@H]1N(C)C(C)(C)C)C(C)(C)C. The molecule has 0 aromatic rings. The van der Waals surface area contributed by atoms with Gasteiger partial charge in [0.05, 0.1) is 0 Å². The summed E-state index contributed by atoms with van der Waals surface area (Å²) >= 11 is 0. The van der Waals surface area contributed by atoms with Gasteiger partial charge in [-0.25, -0.2) is 0 Å². The first-order valence-corrected chi connectivity index (χ1v) is 7.51. The molecule has 0 heterocycles. The molecule has 1 aliphatic rings. The zero-order valence-corrected chi connectivity index (χ0v) is 13.9. The summed E-state index contributed by atoms with van der Waals surface area (Å²) in [4.78, 5) is 5.19. The third kappa shape index (κ3) is 3.71. The first kappa shape index (κ1) is 16.0. The van der Waals surface area contributed by atoms with Gasteiger partial charge in [0.15, 0.2) is 0 Å². The molecule has 2 heteroatoms. The minimum Gasteiger partial charge on any atom is -0.297 e. The molecule has 0 amide bonds. The van der Waals surface area contributed by atoms with E-state index < -0.39 is 0 Å². The number of nitrogens with zero attached hydrogens (tertiary/aromatic N) is 2. The molecular weight excluding hydrogens is 220 g/mol. The van der Waals surface area contributed by atoms with Crippen LogP contribution in [0, 0.1) is 0 Å². The lowest BCUT2D eigenvalue weighted by Crippen LogP contribution is -2.59. The molecule has 0 N–H and O–H groups in total. The summed E-state index contributed by atoms with van der Waals surface area (Å²) in [5.74, 6) is 0. The zero-order valence-electron chi connectivity index (χ0n) is 13.9. The molecule has 1 saturated carbocycles. The van der Waals surface area contributed by atoms with Crippen LogP contribution in [0.15, 0.2) is 0 Å². The van der Waals surface area contributed by atoms with Crippen LogP contribution >= 0.6 is 0 Å². The topological polar surface area (TPSA) is 6.48 Å². The monoisotopic (exact) mass is 254 g/mol. The molecular formula is C16H34N2. The van der Waals surface area contributed by atoms with E-state index in [0.29, 0.717) is 12.1 Å². The lowest BCUT2D eigenvalue weighted by molar-refractivity contribution is -0.00565. The molecule has 0 spiro atoms. The number of hydrogen-bond acceptors (Lipinski definition) is 2. The molecule has 1 aliphatic carbocycles. The van der Waals surface area contributed by atoms with Crippen molar-refractivity contribution >= 4 is 0 Å². The van der Waals surface area contributed by atoms with E-state index in [0.717, 1.165) is 0 Å². The van der Waals surface area contributed by atoms with E-state index >= 15 is 0 Å². The van der Waals surface area contributed by atoms with Gasteiger partial charge in [-0.1, -0.05) is 12.8 Å². The van der Waals surface area contributed by atoms with Crippen LogP contribution in [0.5, 0.6) is 0 Å². The van der Waals surface area contributed by atoms with Crippen LogP contribution in [0.4, 0.5) is 0 Å². The van der Waals surface area contributed by atoms with E-state index in [1.165, 1.54) is 25.7 Å². The van der Waals surface area contributed by atoms with E-state index in [2.05, 4.69) is 65.4 Å². The van der Waals surface area contributed by atoms with Crippen LogP contribution < -0.4 is 0 Å². The lowest BCUT2D eigenvalue weighted by atomic mass is 9.84. The summed E-state index contributed by atoms with van der Waals surface area (Å²) in [7, 11) is 4.61. The van der Waals surface area contributed by atoms with Gasteiger partial charge in [-0.3, -0.25) is 9.80 Å². The zero-order chi connectivity index (χ0) is 14.1. The Labute approximate surface area is 115 Å². The fourth-order valence-corrected chi connectivity index (χ4v) is 2.99. The Bertz CT molecular complexity index is 231. The minimum absolute atomic E-state index is 0.263. The maximum absolute atomic E-state index is 2.60. The predicted molar refractivity (Wildman–Crippen MR) is 81.1 cm³/mol. The van der Waals surface area contributed by atoms with Gasteiger partial charge in [-0.2, -0.15) is 0 Å². The second-order valence-corrected chi connectivity index (χ2v) is 7.98. The molecule has 0 saturated heterocycles. The van der Waals surface area contributed by atoms with Crippen molar-refractivity contribution < 1.29 is 0 Å². The average molecular weight is 254 g/mol. The van der Waals surface area contributed by atoms with E-state index in [-0.39, 0.29) is 11.1 Å². The second kappa shape index (κ2) is 5.50. The first-order valence-electron chi connectivity index (χ1n) is 7.51. The largest absolute Gasteiger partial charge is 0.297 e. The first-order chi connectivity index (χ1) is 8.05. The highest BCUT2D eigenvalue weighted by Crippen LogP contribution is 2.32. The molecule has 0 unspecified atom stereocenters. The predicted octanol–water partition coefficient (Wildman–Crippen LogP) is 3.76. The Morgan fingerprint density at radius 3 is 1.17 bits per heavy atom. The molecule has 0 radical (unpaired) electrons. The van der Waals surface area contributed by atoms with Crippen LogP contribution in [0.3, 0.4) is 0 Å². The Morgan fingerprint density at radius 1 is 0.667 bits per heavy atom. The van der Waals surface area contributed by atoms with Gasteiger partial charge in [0.2, 0.25) is 0 Å². The summed E-state index contributed by atoms with van der Waals surface area (Å²) in [5.41, 5.74) is 0.526. The Morgan fingerprint density at radius 2 is 0.944 bits per heavy atom. The molecule has 18 heavy (non-hydrogen) atoms. The molecule has 2 nitrogen and oxygen atoms in total. The highest BCUT2D eigenvalue weighted by molar-refractivity contribution is 4.94.